The number of urea groups is 1. The Morgan fingerprint density at radius 2 is 2.00 bits per heavy atom. The smallest absolute Gasteiger partial charge is 0.322 e. The van der Waals surface area contributed by atoms with E-state index in [1.54, 1.807) is 25.3 Å². The van der Waals surface area contributed by atoms with Gasteiger partial charge < -0.3 is 19.4 Å². The normalized spacial score (nSPS) is 21.5. The van der Waals surface area contributed by atoms with Gasteiger partial charge in [0.05, 0.1) is 19.3 Å². The van der Waals surface area contributed by atoms with Gasteiger partial charge in [-0.1, -0.05) is 6.08 Å². The van der Waals surface area contributed by atoms with Gasteiger partial charge in [0.15, 0.2) is 5.54 Å². The van der Waals surface area contributed by atoms with Crippen molar-refractivity contribution < 1.29 is 23.5 Å². The molecule has 4 N–H and O–H groups in total. The van der Waals surface area contributed by atoms with Gasteiger partial charge in [0, 0.05) is 35.3 Å². The molecule has 3 aliphatic rings. The number of nitrogens with one attached hydrogen (secondary N) is 4. The Morgan fingerprint density at radius 1 is 1.14 bits per heavy atom. The van der Waals surface area contributed by atoms with E-state index in [1.807, 2.05) is 12.2 Å². The van der Waals surface area contributed by atoms with Crippen molar-refractivity contribution in [1.82, 2.24) is 30.7 Å². The molecule has 1 saturated heterocycles. The van der Waals surface area contributed by atoms with Gasteiger partial charge in [-0.15, -0.1) is 0 Å². The number of hydrogen-bond acceptors (Lipinski definition) is 7. The van der Waals surface area contributed by atoms with E-state index in [4.69, 9.17) is 9.15 Å². The molecule has 1 fully saturated rings. The maximum absolute atomic E-state index is 13.3. The lowest BCUT2D eigenvalue weighted by Crippen LogP contribution is -2.53. The summed E-state index contributed by atoms with van der Waals surface area (Å²) in [4.78, 5) is 55.9. The first-order valence-corrected chi connectivity index (χ1v) is 11.1. The first-order valence-electron chi connectivity index (χ1n) is 11.1. The monoisotopic (exact) mass is 488 g/mol. The maximum Gasteiger partial charge on any atom is 0.322 e. The Balaban J connectivity index is 1.35. The Kier molecular flexibility index (Phi) is 4.71. The molecule has 12 heteroatoms. The van der Waals surface area contributed by atoms with Crippen molar-refractivity contribution in [2.24, 2.45) is 0 Å². The number of furan rings is 1. The fourth-order valence-corrected chi connectivity index (χ4v) is 4.72. The van der Waals surface area contributed by atoms with Crippen molar-refractivity contribution in [2.45, 2.75) is 12.0 Å². The van der Waals surface area contributed by atoms with Crippen molar-refractivity contribution in [3.63, 3.8) is 0 Å². The fourth-order valence-electron chi connectivity index (χ4n) is 4.72. The predicted octanol–water partition coefficient (Wildman–Crippen LogP) is 1.17. The minimum Gasteiger partial charge on any atom is -0.497 e. The number of carbonyl (C=O) groups excluding carboxylic acids is 3. The zero-order chi connectivity index (χ0) is 25.0. The lowest BCUT2D eigenvalue weighted by Gasteiger charge is -2.29. The summed E-state index contributed by atoms with van der Waals surface area (Å²) >= 11 is 0. The minimum absolute atomic E-state index is 0.136. The Hall–Kier alpha value is -4.87. The number of ether oxygens (including phenoxy) is 1. The van der Waals surface area contributed by atoms with E-state index in [9.17, 15) is 19.2 Å². The number of allylic oxidation sites excluding steroid dienone is 2. The van der Waals surface area contributed by atoms with Crippen molar-refractivity contribution in [1.29, 1.82) is 0 Å². The van der Waals surface area contributed by atoms with Gasteiger partial charge >= 0.3 is 6.03 Å². The quantitative estimate of drug-likeness (QED) is 0.392. The second-order valence-electron chi connectivity index (χ2n) is 8.73. The molecule has 182 valence electrons. The van der Waals surface area contributed by atoms with Gasteiger partial charge in [0.2, 0.25) is 5.71 Å². The van der Waals surface area contributed by atoms with Crippen LogP contribution < -0.4 is 16.2 Å². The van der Waals surface area contributed by atoms with Crippen LogP contribution in [0.1, 0.15) is 12.2 Å². The van der Waals surface area contributed by atoms with Crippen LogP contribution in [0.2, 0.25) is 0 Å². The van der Waals surface area contributed by atoms with Crippen LogP contribution in [-0.2, 0) is 19.9 Å². The summed E-state index contributed by atoms with van der Waals surface area (Å²) in [5.74, 6) is -0.0566. The van der Waals surface area contributed by atoms with E-state index in [0.29, 0.717) is 34.4 Å². The molecule has 4 amide bonds. The molecule has 2 aliphatic heterocycles. The first kappa shape index (κ1) is 21.6. The third kappa shape index (κ3) is 3.34. The average Bonchev–Trinajstić information content (AvgIpc) is 3.58. The molecule has 36 heavy (non-hydrogen) atoms. The van der Waals surface area contributed by atoms with E-state index in [0.717, 1.165) is 5.57 Å². The lowest BCUT2D eigenvalue weighted by atomic mass is 9.95. The van der Waals surface area contributed by atoms with Crippen LogP contribution in [-0.4, -0.2) is 58.1 Å². The van der Waals surface area contributed by atoms with Crippen molar-refractivity contribution in [2.75, 3.05) is 20.2 Å². The van der Waals surface area contributed by atoms with Crippen molar-refractivity contribution >= 4 is 28.9 Å². The van der Waals surface area contributed by atoms with Gasteiger partial charge in [-0.05, 0) is 36.3 Å². The molecule has 6 rings (SSSR count). The molecule has 0 bridgehead atoms. The standard InChI is InChI=1S/C24H20N6O6/c1-35-15-3-2-12-10-30(21(32)16(12)5-4-15)11-24(22(33)26-23(34)27-24)18-7-13-6-14(9-25-20(13)36-18)17-8-19(31)29-28-17/h2-4,6-9H,5,10-11H2,1H3,(H2,28,29,31)(H2,26,27,33,34)/t24-/m0/s1. The molecule has 3 aromatic rings. The van der Waals surface area contributed by atoms with Crippen LogP contribution in [0.3, 0.4) is 0 Å². The number of aromatic nitrogens is 3. The first-order chi connectivity index (χ1) is 17.4. The second-order valence-corrected chi connectivity index (χ2v) is 8.73. The number of imide groups is 1. The summed E-state index contributed by atoms with van der Waals surface area (Å²) in [6, 6.07) is 4.05. The number of nitrogens with zero attached hydrogens (tertiary/aromatic N) is 2. The SMILES string of the molecule is COC1=CCC2=C(C=C1)CN(C[C@@]1(c3cc4cc(-c5cc(=O)[nH][nH]5)cnc4o3)NC(=O)NC1=O)C2=O. The summed E-state index contributed by atoms with van der Waals surface area (Å²) in [5.41, 5.74) is 0.898. The van der Waals surface area contributed by atoms with Gasteiger partial charge in [0.25, 0.3) is 17.4 Å². The van der Waals surface area contributed by atoms with Crippen molar-refractivity contribution in [3.05, 3.63) is 75.6 Å². The van der Waals surface area contributed by atoms with E-state index in [2.05, 4.69) is 25.8 Å². The highest BCUT2D eigenvalue weighted by Crippen LogP contribution is 2.35. The molecule has 0 radical (unpaired) electrons. The minimum atomic E-state index is -1.64. The summed E-state index contributed by atoms with van der Waals surface area (Å²) in [6.07, 6.45) is 7.35. The predicted molar refractivity (Wildman–Crippen MR) is 125 cm³/mol. The average molecular weight is 488 g/mol. The van der Waals surface area contributed by atoms with E-state index < -0.39 is 17.5 Å². The van der Waals surface area contributed by atoms with Crippen LogP contribution in [0.5, 0.6) is 0 Å². The van der Waals surface area contributed by atoms with Crippen LogP contribution in [0, 0.1) is 0 Å². The molecular weight excluding hydrogens is 468 g/mol. The fraction of sp³-hybridized carbons (Fsp3) is 0.208. The van der Waals surface area contributed by atoms with E-state index in [-0.39, 0.29) is 36.0 Å². The maximum atomic E-state index is 13.3. The third-order valence-electron chi connectivity index (χ3n) is 6.56. The summed E-state index contributed by atoms with van der Waals surface area (Å²) in [6.45, 7) is 0.132. The number of aromatic amines is 2. The zero-order valence-corrected chi connectivity index (χ0v) is 19.0. The summed E-state index contributed by atoms with van der Waals surface area (Å²) < 4.78 is 11.2. The number of rotatable bonds is 5. The highest BCUT2D eigenvalue weighted by molar-refractivity contribution is 6.08. The lowest BCUT2D eigenvalue weighted by molar-refractivity contribution is -0.130. The number of H-pyrrole nitrogens is 2. The number of carbonyl (C=O) groups is 3. The largest absolute Gasteiger partial charge is 0.497 e. The van der Waals surface area contributed by atoms with Gasteiger partial charge in [-0.25, -0.2) is 9.78 Å². The number of hydrogen-bond donors (Lipinski definition) is 4. The van der Waals surface area contributed by atoms with Gasteiger partial charge in [0.1, 0.15) is 11.5 Å². The van der Waals surface area contributed by atoms with E-state index in [1.165, 1.54) is 17.2 Å². The van der Waals surface area contributed by atoms with E-state index >= 15 is 0 Å². The molecule has 5 heterocycles. The molecule has 0 saturated carbocycles. The molecular formula is C24H20N6O6. The highest BCUT2D eigenvalue weighted by atomic mass is 16.5. The number of amides is 4. The van der Waals surface area contributed by atoms with Gasteiger partial charge in [-0.3, -0.25) is 29.9 Å². The highest BCUT2D eigenvalue weighted by Gasteiger charge is 2.53. The summed E-state index contributed by atoms with van der Waals surface area (Å²) in [5, 5.41) is 10.7. The van der Waals surface area contributed by atoms with Gasteiger partial charge in [-0.2, -0.15) is 0 Å². The molecule has 12 nitrogen and oxygen atoms in total. The van der Waals surface area contributed by atoms with Crippen LogP contribution in [0.4, 0.5) is 4.79 Å². The molecule has 3 aromatic heterocycles. The molecule has 0 aromatic carbocycles. The van der Waals surface area contributed by atoms with Crippen LogP contribution in [0.25, 0.3) is 22.4 Å². The Labute approximate surface area is 202 Å². The van der Waals surface area contributed by atoms with Crippen LogP contribution in [0.15, 0.2) is 68.7 Å². The Morgan fingerprint density at radius 3 is 2.72 bits per heavy atom. The Bertz CT molecular complexity index is 1600. The topological polar surface area (TPSA) is 162 Å². The molecule has 0 unspecified atom stereocenters. The third-order valence-corrected chi connectivity index (χ3v) is 6.56. The number of pyridine rings is 1. The molecule has 1 atom stereocenters. The molecule has 0 spiro atoms. The zero-order valence-electron chi connectivity index (χ0n) is 19.0. The second kappa shape index (κ2) is 7.83. The number of methoxy groups -OCH3 is 1. The van der Waals surface area contributed by atoms with Crippen LogP contribution >= 0.6 is 0 Å². The molecule has 1 aliphatic carbocycles. The van der Waals surface area contributed by atoms with Crippen molar-refractivity contribution in [3.8, 4) is 11.3 Å². The summed E-state index contributed by atoms with van der Waals surface area (Å²) in [7, 11) is 1.56. The number of fused-ring (bicyclic) bond motifs is 1.